The van der Waals surface area contributed by atoms with Gasteiger partial charge in [0.2, 0.25) is 6.29 Å². The van der Waals surface area contributed by atoms with Crippen molar-refractivity contribution in [2.75, 3.05) is 0 Å². The van der Waals surface area contributed by atoms with Gasteiger partial charge in [-0.15, -0.1) is 0 Å². The molecule has 4 heteroatoms. The summed E-state index contributed by atoms with van der Waals surface area (Å²) in [5.41, 5.74) is 0. The van der Waals surface area contributed by atoms with Gasteiger partial charge in [-0.25, -0.2) is 0 Å². The van der Waals surface area contributed by atoms with Gasteiger partial charge in [0.25, 0.3) is 0 Å². The van der Waals surface area contributed by atoms with E-state index >= 15 is 0 Å². The maximum atomic E-state index is 8.95. The van der Waals surface area contributed by atoms with Gasteiger partial charge in [-0.05, 0) is 13.0 Å². The average Bonchev–Trinajstić information content (AvgIpc) is 1.82. The van der Waals surface area contributed by atoms with Crippen LogP contribution in [0.1, 0.15) is 6.92 Å². The van der Waals surface area contributed by atoms with E-state index in [9.17, 15) is 0 Å². The fraction of sp³-hybridized carbons (Fsp3) is 0.667. The molecule has 0 aromatic carbocycles. The fourth-order valence-electron chi connectivity index (χ4n) is 0.807. The van der Waals surface area contributed by atoms with Crippen LogP contribution in [0.2, 0.25) is 0 Å². The van der Waals surface area contributed by atoms with E-state index in [1.54, 1.807) is 6.92 Å². The van der Waals surface area contributed by atoms with Crippen LogP contribution in [0.5, 0.6) is 0 Å². The van der Waals surface area contributed by atoms with E-state index < -0.39 is 18.5 Å². The molecule has 1 aliphatic rings. The van der Waals surface area contributed by atoms with Gasteiger partial charge in [0.15, 0.2) is 0 Å². The molecular formula is C6H10O4. The molecule has 58 valence electrons. The predicted octanol–water partition coefficient (Wildman–Crippen LogP) is -1.04. The van der Waals surface area contributed by atoms with Crippen LogP contribution in [0.15, 0.2) is 11.8 Å². The Labute approximate surface area is 58.4 Å². The highest BCUT2D eigenvalue weighted by molar-refractivity contribution is 5.02. The third-order valence-electron chi connectivity index (χ3n) is 1.35. The quantitative estimate of drug-likeness (QED) is 0.408. The van der Waals surface area contributed by atoms with Crippen LogP contribution < -0.4 is 0 Å². The van der Waals surface area contributed by atoms with Crippen molar-refractivity contribution in [3.63, 3.8) is 0 Å². The molecule has 10 heavy (non-hydrogen) atoms. The standard InChI is InChI=1S/C6H10O4/c1-3-2-4(7)5(8)6(9)10-3/h2,4-9H,1H3/t4-,5?,6?/m0/s1. The Kier molecular flexibility index (Phi) is 1.94. The van der Waals surface area contributed by atoms with Crippen molar-refractivity contribution < 1.29 is 20.1 Å². The number of hydrogen-bond donors (Lipinski definition) is 3. The van der Waals surface area contributed by atoms with Crippen LogP contribution in [0.25, 0.3) is 0 Å². The number of hydrogen-bond acceptors (Lipinski definition) is 4. The number of aliphatic hydroxyl groups is 3. The summed E-state index contributed by atoms with van der Waals surface area (Å²) in [6.45, 7) is 1.60. The van der Waals surface area contributed by atoms with Crippen molar-refractivity contribution in [1.29, 1.82) is 0 Å². The molecule has 1 rings (SSSR count). The van der Waals surface area contributed by atoms with E-state index in [4.69, 9.17) is 15.3 Å². The second-order valence-electron chi connectivity index (χ2n) is 2.27. The van der Waals surface area contributed by atoms with Crippen molar-refractivity contribution in [1.82, 2.24) is 0 Å². The second kappa shape index (κ2) is 2.57. The monoisotopic (exact) mass is 146 g/mol. The maximum Gasteiger partial charge on any atom is 0.226 e. The van der Waals surface area contributed by atoms with Crippen LogP contribution in [0.3, 0.4) is 0 Å². The summed E-state index contributed by atoms with van der Waals surface area (Å²) in [5.74, 6) is 0.422. The zero-order chi connectivity index (χ0) is 7.72. The molecule has 0 aromatic heterocycles. The van der Waals surface area contributed by atoms with E-state index in [1.807, 2.05) is 0 Å². The van der Waals surface area contributed by atoms with Crippen molar-refractivity contribution in [3.05, 3.63) is 11.8 Å². The first-order valence-electron chi connectivity index (χ1n) is 3.00. The van der Waals surface area contributed by atoms with Crippen LogP contribution in [-0.2, 0) is 4.74 Å². The van der Waals surface area contributed by atoms with Crippen LogP contribution in [0, 0.1) is 0 Å². The van der Waals surface area contributed by atoms with Gasteiger partial charge in [0, 0.05) is 0 Å². The Bertz CT molecular complexity index is 154. The zero-order valence-electron chi connectivity index (χ0n) is 5.56. The highest BCUT2D eigenvalue weighted by Gasteiger charge is 2.28. The first-order chi connectivity index (χ1) is 4.61. The molecular weight excluding hydrogens is 136 g/mol. The minimum Gasteiger partial charge on any atom is -0.467 e. The lowest BCUT2D eigenvalue weighted by atomic mass is 10.1. The van der Waals surface area contributed by atoms with E-state index in [1.165, 1.54) is 6.08 Å². The van der Waals surface area contributed by atoms with Crippen molar-refractivity contribution >= 4 is 0 Å². The van der Waals surface area contributed by atoms with Crippen molar-refractivity contribution in [3.8, 4) is 0 Å². The zero-order valence-corrected chi connectivity index (χ0v) is 5.56. The molecule has 0 spiro atoms. The molecule has 1 aliphatic heterocycles. The molecule has 0 radical (unpaired) electrons. The SMILES string of the molecule is CC1=C[C@H](O)C(O)C(O)O1. The lowest BCUT2D eigenvalue weighted by molar-refractivity contribution is -0.173. The molecule has 0 fully saturated rings. The van der Waals surface area contributed by atoms with Gasteiger partial charge in [0.05, 0.1) is 5.76 Å². The Balaban J connectivity index is 2.69. The minimum absolute atomic E-state index is 0.422. The van der Waals surface area contributed by atoms with Gasteiger partial charge in [0.1, 0.15) is 12.2 Å². The lowest BCUT2D eigenvalue weighted by Crippen LogP contribution is -2.40. The van der Waals surface area contributed by atoms with E-state index in [2.05, 4.69) is 4.74 Å². The van der Waals surface area contributed by atoms with Gasteiger partial charge < -0.3 is 20.1 Å². The summed E-state index contributed by atoms with van der Waals surface area (Å²) in [6.07, 6.45) is -2.22. The van der Waals surface area contributed by atoms with E-state index in [-0.39, 0.29) is 0 Å². The summed E-state index contributed by atoms with van der Waals surface area (Å²) >= 11 is 0. The second-order valence-corrected chi connectivity index (χ2v) is 2.27. The lowest BCUT2D eigenvalue weighted by Gasteiger charge is -2.26. The third-order valence-corrected chi connectivity index (χ3v) is 1.35. The third kappa shape index (κ3) is 1.29. The molecule has 4 nitrogen and oxygen atoms in total. The fourth-order valence-corrected chi connectivity index (χ4v) is 0.807. The van der Waals surface area contributed by atoms with Crippen LogP contribution in [-0.4, -0.2) is 33.8 Å². The number of aliphatic hydroxyl groups excluding tert-OH is 3. The molecule has 0 aliphatic carbocycles. The number of rotatable bonds is 0. The largest absolute Gasteiger partial charge is 0.467 e. The first-order valence-corrected chi connectivity index (χ1v) is 3.00. The van der Waals surface area contributed by atoms with Crippen LogP contribution >= 0.6 is 0 Å². The predicted molar refractivity (Wildman–Crippen MR) is 32.9 cm³/mol. The van der Waals surface area contributed by atoms with Gasteiger partial charge in [-0.1, -0.05) is 0 Å². The highest BCUT2D eigenvalue weighted by Crippen LogP contribution is 2.15. The average molecular weight is 146 g/mol. The first kappa shape index (κ1) is 7.53. The Hall–Kier alpha value is -0.580. The Morgan fingerprint density at radius 3 is 2.50 bits per heavy atom. The number of ether oxygens (including phenoxy) is 1. The molecule has 0 amide bonds. The number of allylic oxidation sites excluding steroid dienone is 1. The molecule has 0 bridgehead atoms. The molecule has 3 N–H and O–H groups in total. The molecule has 0 saturated carbocycles. The van der Waals surface area contributed by atoms with Crippen molar-refractivity contribution in [2.24, 2.45) is 0 Å². The molecule has 3 atom stereocenters. The Morgan fingerprint density at radius 2 is 2.00 bits per heavy atom. The molecule has 2 unspecified atom stereocenters. The molecule has 0 aromatic rings. The maximum absolute atomic E-state index is 8.95. The highest BCUT2D eigenvalue weighted by atomic mass is 16.6. The normalized spacial score (nSPS) is 40.4. The summed E-state index contributed by atoms with van der Waals surface area (Å²) in [4.78, 5) is 0. The van der Waals surface area contributed by atoms with E-state index in [0.717, 1.165) is 0 Å². The smallest absolute Gasteiger partial charge is 0.226 e. The van der Waals surface area contributed by atoms with Gasteiger partial charge in [-0.3, -0.25) is 0 Å². The van der Waals surface area contributed by atoms with Crippen LogP contribution in [0.4, 0.5) is 0 Å². The topological polar surface area (TPSA) is 69.9 Å². The van der Waals surface area contributed by atoms with E-state index in [0.29, 0.717) is 5.76 Å². The summed E-state index contributed by atoms with van der Waals surface area (Å²) in [7, 11) is 0. The molecule has 1 heterocycles. The minimum atomic E-state index is -1.31. The van der Waals surface area contributed by atoms with Gasteiger partial charge >= 0.3 is 0 Å². The summed E-state index contributed by atoms with van der Waals surface area (Å²) in [6, 6.07) is 0. The van der Waals surface area contributed by atoms with Crippen molar-refractivity contribution in [2.45, 2.75) is 25.4 Å². The summed E-state index contributed by atoms with van der Waals surface area (Å²) in [5, 5.41) is 26.7. The summed E-state index contributed by atoms with van der Waals surface area (Å²) < 4.78 is 4.68. The molecule has 0 saturated heterocycles. The van der Waals surface area contributed by atoms with Gasteiger partial charge in [-0.2, -0.15) is 0 Å². The Morgan fingerprint density at radius 1 is 1.40 bits per heavy atom.